The van der Waals surface area contributed by atoms with Crippen molar-refractivity contribution in [2.75, 3.05) is 20.6 Å². The van der Waals surface area contributed by atoms with Gasteiger partial charge in [-0.3, -0.25) is 9.59 Å². The van der Waals surface area contributed by atoms with Gasteiger partial charge in [0.25, 0.3) is 5.91 Å². The number of hydrogen-bond donors (Lipinski definition) is 1. The van der Waals surface area contributed by atoms with Gasteiger partial charge in [-0.1, -0.05) is 37.3 Å². The number of rotatable bonds is 7. The van der Waals surface area contributed by atoms with Crippen molar-refractivity contribution in [1.29, 1.82) is 0 Å². The summed E-state index contributed by atoms with van der Waals surface area (Å²) in [6, 6.07) is 15.1. The first-order valence-corrected chi connectivity index (χ1v) is 8.57. The fourth-order valence-corrected chi connectivity index (χ4v) is 2.74. The van der Waals surface area contributed by atoms with E-state index in [0.29, 0.717) is 11.1 Å². The lowest BCUT2D eigenvalue weighted by Gasteiger charge is -2.21. The summed E-state index contributed by atoms with van der Waals surface area (Å²) in [7, 11) is 3.99. The number of Topliss-reactive ketones (excluding diaryl/α,β-unsaturated/α-hetero) is 1. The van der Waals surface area contributed by atoms with Crippen LogP contribution < -0.4 is 5.32 Å². The Labute approximate surface area is 149 Å². The maximum Gasteiger partial charge on any atom is 0.251 e. The number of benzene rings is 2. The molecule has 1 N–H and O–H groups in total. The third-order valence-electron chi connectivity index (χ3n) is 4.14. The fourth-order valence-electron chi connectivity index (χ4n) is 2.74. The lowest BCUT2D eigenvalue weighted by Crippen LogP contribution is -2.41. The van der Waals surface area contributed by atoms with Crippen LogP contribution in [0.25, 0.3) is 11.1 Å². The standard InChI is InChI=1S/C21H26N2O2/c1-5-20(14-23(3)4)22-21(25)19-11-7-10-18(13-19)17-9-6-8-16(12-17)15(2)24/h6-13,20H,5,14H2,1-4H3,(H,22,25)/t20-/m1/s1. The smallest absolute Gasteiger partial charge is 0.251 e. The molecule has 132 valence electrons. The molecule has 2 aromatic rings. The molecule has 0 spiro atoms. The van der Waals surface area contributed by atoms with Crippen molar-refractivity contribution in [2.45, 2.75) is 26.3 Å². The zero-order valence-corrected chi connectivity index (χ0v) is 15.4. The van der Waals surface area contributed by atoms with Gasteiger partial charge in [0, 0.05) is 23.7 Å². The molecule has 0 saturated carbocycles. The summed E-state index contributed by atoms with van der Waals surface area (Å²) in [5.74, 6) is -0.0384. The largest absolute Gasteiger partial charge is 0.348 e. The van der Waals surface area contributed by atoms with Crippen molar-refractivity contribution >= 4 is 11.7 Å². The average Bonchev–Trinajstić information content (AvgIpc) is 2.60. The van der Waals surface area contributed by atoms with Crippen molar-refractivity contribution in [3.05, 3.63) is 59.7 Å². The third kappa shape index (κ3) is 5.26. The van der Waals surface area contributed by atoms with E-state index in [0.717, 1.165) is 24.1 Å². The lowest BCUT2D eigenvalue weighted by atomic mass is 9.99. The highest BCUT2D eigenvalue weighted by molar-refractivity contribution is 5.97. The van der Waals surface area contributed by atoms with E-state index >= 15 is 0 Å². The zero-order chi connectivity index (χ0) is 18.4. The van der Waals surface area contributed by atoms with Gasteiger partial charge in [-0.25, -0.2) is 0 Å². The van der Waals surface area contributed by atoms with E-state index in [4.69, 9.17) is 0 Å². The van der Waals surface area contributed by atoms with E-state index in [-0.39, 0.29) is 17.7 Å². The number of nitrogens with zero attached hydrogens (tertiary/aromatic N) is 1. The summed E-state index contributed by atoms with van der Waals surface area (Å²) < 4.78 is 0. The minimum absolute atomic E-state index is 0.0326. The topological polar surface area (TPSA) is 49.4 Å². The first-order chi connectivity index (χ1) is 11.9. The highest BCUT2D eigenvalue weighted by atomic mass is 16.1. The monoisotopic (exact) mass is 338 g/mol. The summed E-state index contributed by atoms with van der Waals surface area (Å²) >= 11 is 0. The molecule has 0 bridgehead atoms. The second-order valence-corrected chi connectivity index (χ2v) is 6.56. The van der Waals surface area contributed by atoms with Gasteiger partial charge < -0.3 is 10.2 Å². The summed E-state index contributed by atoms with van der Waals surface area (Å²) in [6.45, 7) is 4.43. The highest BCUT2D eigenvalue weighted by Gasteiger charge is 2.13. The van der Waals surface area contributed by atoms with Crippen LogP contribution in [-0.4, -0.2) is 43.3 Å². The number of amides is 1. The van der Waals surface area contributed by atoms with Gasteiger partial charge in [0.05, 0.1) is 0 Å². The number of nitrogens with one attached hydrogen (secondary N) is 1. The molecule has 4 heteroatoms. The van der Waals surface area contributed by atoms with Crippen LogP contribution in [0.15, 0.2) is 48.5 Å². The van der Waals surface area contributed by atoms with E-state index in [9.17, 15) is 9.59 Å². The molecule has 0 saturated heterocycles. The molecule has 0 heterocycles. The molecule has 2 aromatic carbocycles. The third-order valence-corrected chi connectivity index (χ3v) is 4.14. The van der Waals surface area contributed by atoms with E-state index < -0.39 is 0 Å². The Bertz CT molecular complexity index is 753. The van der Waals surface area contributed by atoms with Crippen LogP contribution in [0.5, 0.6) is 0 Å². The predicted octanol–water partition coefficient (Wildman–Crippen LogP) is 3.63. The summed E-state index contributed by atoms with van der Waals surface area (Å²) in [6.07, 6.45) is 0.879. The van der Waals surface area contributed by atoms with Gasteiger partial charge in [0.1, 0.15) is 0 Å². The lowest BCUT2D eigenvalue weighted by molar-refractivity contribution is 0.0928. The fraction of sp³-hybridized carbons (Fsp3) is 0.333. The molecule has 0 unspecified atom stereocenters. The molecule has 0 fully saturated rings. The van der Waals surface area contributed by atoms with Gasteiger partial charge in [-0.05, 0) is 56.8 Å². The van der Waals surface area contributed by atoms with Crippen LogP contribution in [0.4, 0.5) is 0 Å². The Morgan fingerprint density at radius 3 is 2.08 bits per heavy atom. The van der Waals surface area contributed by atoms with Crippen molar-refractivity contribution in [2.24, 2.45) is 0 Å². The summed E-state index contributed by atoms with van der Waals surface area (Å²) in [4.78, 5) is 26.2. The van der Waals surface area contributed by atoms with E-state index in [1.165, 1.54) is 0 Å². The Kier molecular flexibility index (Phi) is 6.48. The summed E-state index contributed by atoms with van der Waals surface area (Å²) in [5.41, 5.74) is 3.16. The van der Waals surface area contributed by atoms with Crippen molar-refractivity contribution in [3.8, 4) is 11.1 Å². The number of likely N-dealkylation sites (N-methyl/N-ethyl adjacent to an activating group) is 1. The van der Waals surface area contributed by atoms with Gasteiger partial charge >= 0.3 is 0 Å². The molecule has 1 amide bonds. The highest BCUT2D eigenvalue weighted by Crippen LogP contribution is 2.22. The van der Waals surface area contributed by atoms with Crippen LogP contribution in [0.2, 0.25) is 0 Å². The maximum absolute atomic E-state index is 12.6. The van der Waals surface area contributed by atoms with Gasteiger partial charge in [0.15, 0.2) is 5.78 Å². The van der Waals surface area contributed by atoms with Crippen molar-refractivity contribution in [3.63, 3.8) is 0 Å². The molecule has 0 aliphatic heterocycles. The maximum atomic E-state index is 12.6. The van der Waals surface area contributed by atoms with Crippen LogP contribution >= 0.6 is 0 Å². The van der Waals surface area contributed by atoms with Crippen LogP contribution in [-0.2, 0) is 0 Å². The van der Waals surface area contributed by atoms with Gasteiger partial charge in [-0.15, -0.1) is 0 Å². The van der Waals surface area contributed by atoms with E-state index in [1.807, 2.05) is 56.6 Å². The molecule has 0 aliphatic carbocycles. The van der Waals surface area contributed by atoms with Crippen LogP contribution in [0.1, 0.15) is 41.0 Å². The van der Waals surface area contributed by atoms with Crippen LogP contribution in [0.3, 0.4) is 0 Å². The number of hydrogen-bond acceptors (Lipinski definition) is 3. The molecule has 4 nitrogen and oxygen atoms in total. The molecule has 0 radical (unpaired) electrons. The average molecular weight is 338 g/mol. The predicted molar refractivity (Wildman–Crippen MR) is 102 cm³/mol. The molecule has 0 aromatic heterocycles. The normalized spacial score (nSPS) is 12.0. The molecule has 2 rings (SSSR count). The first kappa shape index (κ1) is 18.9. The SMILES string of the molecule is CC[C@H](CN(C)C)NC(=O)c1cccc(-c2cccc(C(C)=O)c2)c1. The number of carbonyl (C=O) groups is 2. The van der Waals surface area contributed by atoms with E-state index in [1.54, 1.807) is 13.0 Å². The second-order valence-electron chi connectivity index (χ2n) is 6.56. The Morgan fingerprint density at radius 1 is 1.00 bits per heavy atom. The number of carbonyl (C=O) groups excluding carboxylic acids is 2. The Morgan fingerprint density at radius 2 is 1.56 bits per heavy atom. The van der Waals surface area contributed by atoms with Crippen molar-refractivity contribution < 1.29 is 9.59 Å². The van der Waals surface area contributed by atoms with Crippen molar-refractivity contribution in [1.82, 2.24) is 10.2 Å². The van der Waals surface area contributed by atoms with Gasteiger partial charge in [-0.2, -0.15) is 0 Å². The molecular weight excluding hydrogens is 312 g/mol. The van der Waals surface area contributed by atoms with Crippen LogP contribution in [0, 0.1) is 0 Å². The van der Waals surface area contributed by atoms with E-state index in [2.05, 4.69) is 17.1 Å². The first-order valence-electron chi connectivity index (χ1n) is 8.57. The molecule has 0 aliphatic rings. The number of ketones is 1. The zero-order valence-electron chi connectivity index (χ0n) is 15.4. The quantitative estimate of drug-likeness (QED) is 0.784. The molecule has 25 heavy (non-hydrogen) atoms. The minimum Gasteiger partial charge on any atom is -0.348 e. The minimum atomic E-state index is -0.0710. The molecular formula is C21H26N2O2. The van der Waals surface area contributed by atoms with Gasteiger partial charge in [0.2, 0.25) is 0 Å². The Hall–Kier alpha value is -2.46. The Balaban J connectivity index is 2.22. The summed E-state index contributed by atoms with van der Waals surface area (Å²) in [5, 5.41) is 3.09. The molecule has 1 atom stereocenters. The second kappa shape index (κ2) is 8.58.